The zero-order valence-corrected chi connectivity index (χ0v) is 10.4. The van der Waals surface area contributed by atoms with Crippen LogP contribution in [0.4, 0.5) is 5.82 Å². The lowest BCUT2D eigenvalue weighted by Gasteiger charge is -2.19. The minimum absolute atomic E-state index is 0.249. The molecule has 90 valence electrons. The molecule has 1 aromatic heterocycles. The summed E-state index contributed by atoms with van der Waals surface area (Å²) >= 11 is 6.13. The fourth-order valence-corrected chi connectivity index (χ4v) is 2.39. The number of halogens is 1. The van der Waals surface area contributed by atoms with Crippen molar-refractivity contribution in [3.8, 4) is 6.07 Å². The molecular weight excluding hydrogens is 238 g/mol. The summed E-state index contributed by atoms with van der Waals surface area (Å²) in [6.45, 7) is 3.35. The molecule has 0 amide bonds. The number of pyridine rings is 1. The van der Waals surface area contributed by atoms with E-state index in [2.05, 4.69) is 4.98 Å². The summed E-state index contributed by atoms with van der Waals surface area (Å²) in [6.07, 6.45) is 2.19. The summed E-state index contributed by atoms with van der Waals surface area (Å²) in [5.41, 5.74) is 0.442. The highest BCUT2D eigenvalue weighted by Crippen LogP contribution is 2.31. The molecule has 1 aromatic rings. The number of nitrogens with zero attached hydrogens (tertiary/aromatic N) is 3. The third kappa shape index (κ3) is 2.36. The molecule has 2 unspecified atom stereocenters. The molecule has 0 spiro atoms. The fraction of sp³-hybridized carbons (Fsp3) is 0.500. The molecule has 0 aliphatic carbocycles. The first-order valence-corrected chi connectivity index (χ1v) is 5.99. The van der Waals surface area contributed by atoms with Crippen LogP contribution in [-0.2, 0) is 0 Å². The van der Waals surface area contributed by atoms with Gasteiger partial charge in [0.05, 0.1) is 11.7 Å². The number of hydrogen-bond acceptors (Lipinski definition) is 4. The summed E-state index contributed by atoms with van der Waals surface area (Å²) in [6, 6.07) is 3.65. The van der Waals surface area contributed by atoms with Crippen LogP contribution in [0.5, 0.6) is 0 Å². The Bertz CT molecular complexity index is 456. The first-order valence-electron chi connectivity index (χ1n) is 5.61. The highest BCUT2D eigenvalue weighted by atomic mass is 35.5. The Morgan fingerprint density at radius 3 is 3.06 bits per heavy atom. The largest absolute Gasteiger partial charge is 0.393 e. The van der Waals surface area contributed by atoms with E-state index in [0.29, 0.717) is 16.4 Å². The first-order chi connectivity index (χ1) is 8.13. The van der Waals surface area contributed by atoms with Crippen LogP contribution < -0.4 is 4.90 Å². The topological polar surface area (TPSA) is 60.1 Å². The number of aromatic nitrogens is 1. The maximum absolute atomic E-state index is 9.55. The Morgan fingerprint density at radius 1 is 1.71 bits per heavy atom. The Kier molecular flexibility index (Phi) is 3.51. The van der Waals surface area contributed by atoms with Crippen LogP contribution in [0.25, 0.3) is 0 Å². The third-order valence-corrected chi connectivity index (χ3v) is 3.57. The maximum Gasteiger partial charge on any atom is 0.148 e. The van der Waals surface area contributed by atoms with E-state index < -0.39 is 0 Å². The van der Waals surface area contributed by atoms with Gasteiger partial charge in [-0.25, -0.2) is 4.98 Å². The van der Waals surface area contributed by atoms with Gasteiger partial charge < -0.3 is 10.0 Å². The van der Waals surface area contributed by atoms with Gasteiger partial charge in [-0.15, -0.1) is 0 Å². The van der Waals surface area contributed by atoms with Crippen molar-refractivity contribution >= 4 is 17.4 Å². The van der Waals surface area contributed by atoms with Gasteiger partial charge in [-0.2, -0.15) is 5.26 Å². The molecule has 1 aliphatic rings. The lowest BCUT2D eigenvalue weighted by atomic mass is 10.0. The number of hydrogen-bond donors (Lipinski definition) is 1. The van der Waals surface area contributed by atoms with Crippen LogP contribution in [0.15, 0.2) is 12.3 Å². The quantitative estimate of drug-likeness (QED) is 0.871. The summed E-state index contributed by atoms with van der Waals surface area (Å²) in [5.74, 6) is 0.896. The predicted octanol–water partition coefficient (Wildman–Crippen LogP) is 1.81. The predicted molar refractivity (Wildman–Crippen MR) is 66.0 cm³/mol. The SMILES string of the molecule is CC(O)C1CCN(c2nccc(C#N)c2Cl)C1. The van der Waals surface area contributed by atoms with Crippen LogP contribution >= 0.6 is 11.6 Å². The maximum atomic E-state index is 9.55. The fourth-order valence-electron chi connectivity index (χ4n) is 2.11. The second-order valence-electron chi connectivity index (χ2n) is 4.34. The van der Waals surface area contributed by atoms with Gasteiger partial charge in [0.15, 0.2) is 0 Å². The van der Waals surface area contributed by atoms with Crippen molar-refractivity contribution in [1.29, 1.82) is 5.26 Å². The number of aliphatic hydroxyl groups excluding tert-OH is 1. The zero-order valence-electron chi connectivity index (χ0n) is 9.60. The average molecular weight is 252 g/mol. The van der Waals surface area contributed by atoms with Crippen molar-refractivity contribution in [1.82, 2.24) is 4.98 Å². The summed E-state index contributed by atoms with van der Waals surface area (Å²) < 4.78 is 0. The van der Waals surface area contributed by atoms with Crippen LogP contribution in [0.1, 0.15) is 18.9 Å². The van der Waals surface area contributed by atoms with Gasteiger partial charge in [-0.05, 0) is 19.4 Å². The van der Waals surface area contributed by atoms with Gasteiger partial charge in [-0.3, -0.25) is 0 Å². The smallest absolute Gasteiger partial charge is 0.148 e. The van der Waals surface area contributed by atoms with E-state index in [1.54, 1.807) is 19.2 Å². The molecule has 1 aliphatic heterocycles. The number of rotatable bonds is 2. The van der Waals surface area contributed by atoms with Gasteiger partial charge >= 0.3 is 0 Å². The minimum atomic E-state index is -0.321. The Hall–Kier alpha value is -1.31. The van der Waals surface area contributed by atoms with Crippen LogP contribution in [0.3, 0.4) is 0 Å². The molecule has 4 nitrogen and oxygen atoms in total. The molecular formula is C12H14ClN3O. The molecule has 2 heterocycles. The van der Waals surface area contributed by atoms with Crippen molar-refractivity contribution in [2.75, 3.05) is 18.0 Å². The summed E-state index contributed by atoms with van der Waals surface area (Å²) in [5, 5.41) is 18.9. The normalized spacial score (nSPS) is 21.3. The van der Waals surface area contributed by atoms with E-state index in [0.717, 1.165) is 19.5 Å². The third-order valence-electron chi connectivity index (χ3n) is 3.20. The number of nitriles is 1. The highest BCUT2D eigenvalue weighted by Gasteiger charge is 2.28. The molecule has 0 radical (unpaired) electrons. The van der Waals surface area contributed by atoms with E-state index >= 15 is 0 Å². The standard InChI is InChI=1S/C12H14ClN3O/c1-8(17)10-3-5-16(7-10)12-11(13)9(6-14)2-4-15-12/h2,4,8,10,17H,3,5,7H2,1H3. The highest BCUT2D eigenvalue weighted by molar-refractivity contribution is 6.34. The van der Waals surface area contributed by atoms with Gasteiger partial charge in [0.2, 0.25) is 0 Å². The first kappa shape index (κ1) is 12.2. The molecule has 2 rings (SSSR count). The molecule has 1 N–H and O–H groups in total. The van der Waals surface area contributed by atoms with Gasteiger partial charge in [0.1, 0.15) is 16.9 Å². The molecule has 17 heavy (non-hydrogen) atoms. The Morgan fingerprint density at radius 2 is 2.47 bits per heavy atom. The van der Waals surface area contributed by atoms with Crippen molar-refractivity contribution in [3.05, 3.63) is 22.8 Å². The minimum Gasteiger partial charge on any atom is -0.393 e. The molecule has 0 aromatic carbocycles. The second kappa shape index (κ2) is 4.91. The average Bonchev–Trinajstić information content (AvgIpc) is 2.78. The molecule has 2 atom stereocenters. The molecule has 1 saturated heterocycles. The Labute approximate surface area is 105 Å². The number of aliphatic hydroxyl groups is 1. The van der Waals surface area contributed by atoms with Crippen LogP contribution in [0, 0.1) is 17.2 Å². The molecule has 1 fully saturated rings. The van der Waals surface area contributed by atoms with Crippen molar-refractivity contribution < 1.29 is 5.11 Å². The van der Waals surface area contributed by atoms with Crippen molar-refractivity contribution in [2.24, 2.45) is 5.92 Å². The van der Waals surface area contributed by atoms with E-state index in [4.69, 9.17) is 16.9 Å². The summed E-state index contributed by atoms with van der Waals surface area (Å²) in [4.78, 5) is 6.25. The van der Waals surface area contributed by atoms with Crippen LogP contribution in [0.2, 0.25) is 5.02 Å². The van der Waals surface area contributed by atoms with E-state index in [1.165, 1.54) is 0 Å². The molecule has 5 heteroatoms. The van der Waals surface area contributed by atoms with Crippen molar-refractivity contribution in [2.45, 2.75) is 19.4 Å². The molecule has 0 bridgehead atoms. The lowest BCUT2D eigenvalue weighted by molar-refractivity contribution is 0.136. The zero-order chi connectivity index (χ0) is 12.4. The summed E-state index contributed by atoms with van der Waals surface area (Å²) in [7, 11) is 0. The van der Waals surface area contributed by atoms with E-state index in [-0.39, 0.29) is 12.0 Å². The molecule has 0 saturated carbocycles. The van der Waals surface area contributed by atoms with Gasteiger partial charge in [0, 0.05) is 25.2 Å². The second-order valence-corrected chi connectivity index (χ2v) is 4.72. The van der Waals surface area contributed by atoms with E-state index in [1.807, 2.05) is 11.0 Å². The Balaban J connectivity index is 2.23. The monoisotopic (exact) mass is 251 g/mol. The van der Waals surface area contributed by atoms with Crippen molar-refractivity contribution in [3.63, 3.8) is 0 Å². The van der Waals surface area contributed by atoms with Crippen LogP contribution in [-0.4, -0.2) is 29.3 Å². The number of anilines is 1. The van der Waals surface area contributed by atoms with E-state index in [9.17, 15) is 5.11 Å². The lowest BCUT2D eigenvalue weighted by Crippen LogP contribution is -2.24. The van der Waals surface area contributed by atoms with Gasteiger partial charge in [-0.1, -0.05) is 11.6 Å². The van der Waals surface area contributed by atoms with Gasteiger partial charge in [0.25, 0.3) is 0 Å².